The van der Waals surface area contributed by atoms with Crippen molar-refractivity contribution < 1.29 is 14.6 Å². The van der Waals surface area contributed by atoms with Gasteiger partial charge in [-0.25, -0.2) is 9.97 Å². The molecular formula is C9H8Cl2N8O5. The molecule has 0 amide bonds. The molecule has 0 spiro atoms. The summed E-state index contributed by atoms with van der Waals surface area (Å²) in [4.78, 5) is 40.5. The van der Waals surface area contributed by atoms with E-state index in [1.807, 2.05) is 6.79 Å². The van der Waals surface area contributed by atoms with Gasteiger partial charge < -0.3 is 16.3 Å². The van der Waals surface area contributed by atoms with Crippen molar-refractivity contribution in [2.75, 3.05) is 11.5 Å². The third kappa shape index (κ3) is 6.29. The fourth-order valence-electron chi connectivity index (χ4n) is 0.979. The van der Waals surface area contributed by atoms with Gasteiger partial charge in [0.05, 0.1) is 9.85 Å². The Morgan fingerprint density at radius 2 is 1.17 bits per heavy atom. The van der Waals surface area contributed by atoms with Crippen LogP contribution in [-0.2, 0) is 4.79 Å². The first-order chi connectivity index (χ1) is 11.2. The maximum Gasteiger partial charge on any atom is 0.324 e. The number of halogens is 2. The first kappa shape index (κ1) is 20.8. The largest absolute Gasteiger partial charge is 0.368 e. The van der Waals surface area contributed by atoms with Crippen LogP contribution in [0.1, 0.15) is 0 Å². The summed E-state index contributed by atoms with van der Waals surface area (Å²) in [5, 5.41) is 19.8. The summed E-state index contributed by atoms with van der Waals surface area (Å²) in [6.07, 6.45) is 1.93. The SMILES string of the molecule is C=O.Nc1ncc([N+](=O)[O-])c(Cl)n1.Nc1ncc([N+](=O)[O-])c(Cl)n1. The Balaban J connectivity index is 0.000000400. The Kier molecular flexibility index (Phi) is 8.46. The van der Waals surface area contributed by atoms with E-state index in [1.165, 1.54) is 0 Å². The van der Waals surface area contributed by atoms with Crippen LogP contribution in [0, 0.1) is 20.2 Å². The van der Waals surface area contributed by atoms with Crippen molar-refractivity contribution in [3.05, 3.63) is 42.9 Å². The van der Waals surface area contributed by atoms with Gasteiger partial charge in [0.15, 0.2) is 0 Å². The number of carbonyl (C=O) groups is 1. The van der Waals surface area contributed by atoms with Crippen LogP contribution < -0.4 is 11.5 Å². The van der Waals surface area contributed by atoms with E-state index >= 15 is 0 Å². The minimum Gasteiger partial charge on any atom is -0.368 e. The summed E-state index contributed by atoms with van der Waals surface area (Å²) < 4.78 is 0. The van der Waals surface area contributed by atoms with Gasteiger partial charge in [0, 0.05) is 0 Å². The molecule has 0 bridgehead atoms. The highest BCUT2D eigenvalue weighted by atomic mass is 35.5. The van der Waals surface area contributed by atoms with Crippen LogP contribution in [-0.4, -0.2) is 36.6 Å². The van der Waals surface area contributed by atoms with E-state index in [9.17, 15) is 20.2 Å². The van der Waals surface area contributed by atoms with Gasteiger partial charge >= 0.3 is 11.4 Å². The van der Waals surface area contributed by atoms with Crippen LogP contribution in [0.5, 0.6) is 0 Å². The van der Waals surface area contributed by atoms with Crippen LogP contribution in [0.25, 0.3) is 0 Å². The molecule has 0 saturated carbocycles. The zero-order valence-corrected chi connectivity index (χ0v) is 13.0. The van der Waals surface area contributed by atoms with Crippen LogP contribution in [0.15, 0.2) is 12.4 Å². The molecule has 0 aromatic carbocycles. The highest BCUT2D eigenvalue weighted by Crippen LogP contribution is 2.20. The molecule has 2 rings (SSSR count). The summed E-state index contributed by atoms with van der Waals surface area (Å²) >= 11 is 10.7. The van der Waals surface area contributed by atoms with E-state index in [1.54, 1.807) is 0 Å². The minimum absolute atomic E-state index is 0.0828. The Hall–Kier alpha value is -3.19. The Bertz CT molecular complexity index is 684. The van der Waals surface area contributed by atoms with Gasteiger partial charge in [-0.1, -0.05) is 23.2 Å². The standard InChI is InChI=1S/2C4H3ClN4O2.CH2O/c2*5-3-2(9(10)11)1-7-4(6)8-3;1-2/h2*1H,(H2,6,7,8);1H2. The second-order valence-electron chi connectivity index (χ2n) is 3.32. The molecule has 15 heteroatoms. The van der Waals surface area contributed by atoms with Crippen molar-refractivity contribution in [3.63, 3.8) is 0 Å². The van der Waals surface area contributed by atoms with Crippen LogP contribution >= 0.6 is 23.2 Å². The first-order valence-electron chi connectivity index (χ1n) is 5.36. The maximum atomic E-state index is 10.1. The molecule has 0 aliphatic rings. The van der Waals surface area contributed by atoms with E-state index in [-0.39, 0.29) is 33.6 Å². The molecule has 0 fully saturated rings. The topological polar surface area (TPSA) is 207 Å². The van der Waals surface area contributed by atoms with E-state index < -0.39 is 9.85 Å². The quantitative estimate of drug-likeness (QED) is 0.428. The van der Waals surface area contributed by atoms with Crippen LogP contribution in [0.3, 0.4) is 0 Å². The van der Waals surface area contributed by atoms with E-state index in [0.29, 0.717) is 0 Å². The number of nitrogens with zero attached hydrogens (tertiary/aromatic N) is 6. The van der Waals surface area contributed by atoms with Crippen molar-refractivity contribution in [2.24, 2.45) is 0 Å². The smallest absolute Gasteiger partial charge is 0.324 e. The van der Waals surface area contributed by atoms with E-state index in [0.717, 1.165) is 12.4 Å². The molecule has 4 N–H and O–H groups in total. The lowest BCUT2D eigenvalue weighted by molar-refractivity contribution is -0.385. The fourth-order valence-corrected chi connectivity index (χ4v) is 1.39. The first-order valence-corrected chi connectivity index (χ1v) is 6.11. The Morgan fingerprint density at radius 1 is 0.875 bits per heavy atom. The van der Waals surface area contributed by atoms with Gasteiger partial charge in [0.1, 0.15) is 19.2 Å². The number of aromatic nitrogens is 4. The number of hydrogen-bond acceptors (Lipinski definition) is 11. The minimum atomic E-state index is -0.679. The molecule has 0 saturated heterocycles. The Labute approximate surface area is 142 Å². The lowest BCUT2D eigenvalue weighted by atomic mass is 10.5. The van der Waals surface area contributed by atoms with Crippen LogP contribution in [0.4, 0.5) is 23.3 Å². The normalized spacial score (nSPS) is 8.92. The maximum absolute atomic E-state index is 10.1. The molecule has 2 aromatic rings. The summed E-state index contributed by atoms with van der Waals surface area (Å²) in [6, 6.07) is 0. The van der Waals surface area contributed by atoms with Gasteiger partial charge in [-0.15, -0.1) is 0 Å². The summed E-state index contributed by atoms with van der Waals surface area (Å²) in [5.41, 5.74) is 9.50. The molecule has 0 aliphatic heterocycles. The summed E-state index contributed by atoms with van der Waals surface area (Å²) in [5.74, 6) is -0.166. The van der Waals surface area contributed by atoms with Crippen molar-refractivity contribution in [1.82, 2.24) is 19.9 Å². The average Bonchev–Trinajstić information content (AvgIpc) is 2.49. The number of rotatable bonds is 2. The Morgan fingerprint density at radius 3 is 1.38 bits per heavy atom. The third-order valence-corrected chi connectivity index (χ3v) is 2.44. The number of hydrogen-bond donors (Lipinski definition) is 2. The summed E-state index contributed by atoms with van der Waals surface area (Å²) in [6.45, 7) is 2.00. The van der Waals surface area contributed by atoms with Crippen LogP contribution in [0.2, 0.25) is 10.3 Å². The third-order valence-electron chi connectivity index (χ3n) is 1.88. The predicted molar refractivity (Wildman–Crippen MR) is 83.3 cm³/mol. The van der Waals surface area contributed by atoms with Gasteiger partial charge in [-0.05, 0) is 0 Å². The molecule has 0 aliphatic carbocycles. The zero-order valence-electron chi connectivity index (χ0n) is 11.5. The van der Waals surface area contributed by atoms with Gasteiger partial charge in [-0.3, -0.25) is 20.2 Å². The number of nitrogens with two attached hydrogens (primary N) is 2. The molecule has 0 unspecified atom stereocenters. The highest BCUT2D eigenvalue weighted by molar-refractivity contribution is 6.31. The molecule has 13 nitrogen and oxygen atoms in total. The van der Waals surface area contributed by atoms with Gasteiger partial charge in [0.25, 0.3) is 0 Å². The van der Waals surface area contributed by atoms with E-state index in [2.05, 4.69) is 19.9 Å². The van der Waals surface area contributed by atoms with E-state index in [4.69, 9.17) is 39.5 Å². The molecule has 2 aromatic heterocycles. The average molecular weight is 379 g/mol. The number of carbonyl (C=O) groups excluding carboxylic acids is 1. The second kappa shape index (κ2) is 9.75. The van der Waals surface area contributed by atoms with Gasteiger partial charge in [-0.2, -0.15) is 9.97 Å². The van der Waals surface area contributed by atoms with Crippen molar-refractivity contribution in [3.8, 4) is 0 Å². The van der Waals surface area contributed by atoms with Gasteiger partial charge in [0.2, 0.25) is 22.2 Å². The number of anilines is 2. The monoisotopic (exact) mass is 378 g/mol. The molecule has 2 heterocycles. The predicted octanol–water partition coefficient (Wildman–Crippen LogP) is 1.06. The van der Waals surface area contributed by atoms with Crippen molar-refractivity contribution in [1.29, 1.82) is 0 Å². The lowest BCUT2D eigenvalue weighted by Crippen LogP contribution is -1.98. The summed E-state index contributed by atoms with van der Waals surface area (Å²) in [7, 11) is 0. The number of nitrogen functional groups attached to an aromatic ring is 2. The molecular weight excluding hydrogens is 371 g/mol. The molecule has 24 heavy (non-hydrogen) atoms. The zero-order chi connectivity index (χ0) is 18.9. The lowest BCUT2D eigenvalue weighted by Gasteiger charge is -1.93. The molecule has 0 radical (unpaired) electrons. The molecule has 0 atom stereocenters. The fraction of sp³-hybridized carbons (Fsp3) is 0. The second-order valence-corrected chi connectivity index (χ2v) is 4.04. The highest BCUT2D eigenvalue weighted by Gasteiger charge is 2.14. The van der Waals surface area contributed by atoms with Crippen molar-refractivity contribution in [2.45, 2.75) is 0 Å². The van der Waals surface area contributed by atoms with Crippen molar-refractivity contribution >= 4 is 53.3 Å². The molecule has 128 valence electrons. The number of nitro groups is 2.